The van der Waals surface area contributed by atoms with Crippen LogP contribution in [0.3, 0.4) is 0 Å². The first kappa shape index (κ1) is 23.7. The van der Waals surface area contributed by atoms with Gasteiger partial charge in [-0.3, -0.25) is 9.52 Å². The van der Waals surface area contributed by atoms with Crippen LogP contribution in [-0.2, 0) is 16.4 Å². The molecule has 0 saturated carbocycles. The van der Waals surface area contributed by atoms with Gasteiger partial charge in [0.15, 0.2) is 0 Å². The lowest BCUT2D eigenvalue weighted by Crippen LogP contribution is -2.30. The zero-order chi connectivity index (χ0) is 19.9. The van der Waals surface area contributed by atoms with Crippen molar-refractivity contribution in [1.29, 1.82) is 0 Å². The Morgan fingerprint density at radius 2 is 1.75 bits per heavy atom. The van der Waals surface area contributed by atoms with Crippen molar-refractivity contribution in [3.8, 4) is 5.75 Å². The number of sulfonamides is 1. The number of carbonyl (C=O) groups excluding carboxylic acids is 1. The zero-order valence-corrected chi connectivity index (χ0v) is 17.7. The van der Waals surface area contributed by atoms with E-state index in [0.29, 0.717) is 18.8 Å². The predicted octanol–water partition coefficient (Wildman–Crippen LogP) is 2.43. The summed E-state index contributed by atoms with van der Waals surface area (Å²) in [4.78, 5) is 12.1. The Hall–Kier alpha value is -2.29. The summed E-state index contributed by atoms with van der Waals surface area (Å²) in [5.74, 6) is -0.184. The van der Waals surface area contributed by atoms with Crippen LogP contribution in [0.15, 0.2) is 47.4 Å². The molecule has 0 aliphatic heterocycles. The molecule has 2 aromatic carbocycles. The number of halogens is 1. The van der Waals surface area contributed by atoms with Crippen LogP contribution < -0.4 is 20.1 Å². The Labute approximate surface area is 172 Å². The van der Waals surface area contributed by atoms with Gasteiger partial charge in [0.05, 0.1) is 7.11 Å². The van der Waals surface area contributed by atoms with E-state index in [-0.39, 0.29) is 34.5 Å². The second-order valence-corrected chi connectivity index (χ2v) is 7.53. The second-order valence-electron chi connectivity index (χ2n) is 5.88. The van der Waals surface area contributed by atoms with E-state index in [1.54, 1.807) is 19.2 Å². The predicted molar refractivity (Wildman–Crippen MR) is 113 cm³/mol. The maximum Gasteiger partial charge on any atom is 0.265 e. The molecule has 7 nitrogen and oxygen atoms in total. The SMILES string of the molecule is CCc1ccc(NS(=O)(=O)c2cc(C(=O)NCCNC)ccc2OC)cc1.Cl. The number of aryl methyl sites for hydroxylation is 1. The standard InChI is InChI=1S/C19H25N3O4S.ClH/c1-4-14-5-8-16(9-6-14)22-27(24,25)18-13-15(7-10-17(18)26-3)19(23)21-12-11-20-2;/h5-10,13,20,22H,4,11-12H2,1-3H3,(H,21,23);1H. The highest BCUT2D eigenvalue weighted by molar-refractivity contribution is 7.92. The lowest BCUT2D eigenvalue weighted by Gasteiger charge is -2.13. The molecule has 0 spiro atoms. The van der Waals surface area contributed by atoms with Gasteiger partial charge < -0.3 is 15.4 Å². The van der Waals surface area contributed by atoms with Crippen LogP contribution >= 0.6 is 12.4 Å². The summed E-state index contributed by atoms with van der Waals surface area (Å²) in [7, 11) is -0.758. The number of methoxy groups -OCH3 is 1. The molecule has 0 radical (unpaired) electrons. The summed E-state index contributed by atoms with van der Waals surface area (Å²) >= 11 is 0. The van der Waals surface area contributed by atoms with Crippen molar-refractivity contribution < 1.29 is 17.9 Å². The Balaban J connectivity index is 0.00000392. The molecule has 154 valence electrons. The van der Waals surface area contributed by atoms with Crippen molar-refractivity contribution in [2.75, 3.05) is 32.0 Å². The fraction of sp³-hybridized carbons (Fsp3) is 0.316. The van der Waals surface area contributed by atoms with Crippen LogP contribution in [0.5, 0.6) is 5.75 Å². The summed E-state index contributed by atoms with van der Waals surface area (Å²) < 4.78 is 33.4. The first-order chi connectivity index (χ1) is 12.9. The number of amides is 1. The van der Waals surface area contributed by atoms with Gasteiger partial charge in [-0.2, -0.15) is 0 Å². The molecular weight excluding hydrogens is 402 g/mol. The topological polar surface area (TPSA) is 96.5 Å². The molecule has 9 heteroatoms. The largest absolute Gasteiger partial charge is 0.495 e. The van der Waals surface area contributed by atoms with Crippen molar-refractivity contribution in [3.05, 3.63) is 53.6 Å². The molecule has 0 heterocycles. The number of rotatable bonds is 9. The minimum atomic E-state index is -3.92. The molecule has 28 heavy (non-hydrogen) atoms. The number of likely N-dealkylation sites (N-methyl/N-ethyl adjacent to an activating group) is 1. The van der Waals surface area contributed by atoms with Crippen LogP contribution in [0, 0.1) is 0 Å². The molecule has 0 saturated heterocycles. The van der Waals surface area contributed by atoms with E-state index < -0.39 is 10.0 Å². The third kappa shape index (κ3) is 6.12. The van der Waals surface area contributed by atoms with Crippen LogP contribution in [0.2, 0.25) is 0 Å². The van der Waals surface area contributed by atoms with E-state index in [4.69, 9.17) is 4.74 Å². The molecule has 0 aliphatic carbocycles. The van der Waals surface area contributed by atoms with Crippen molar-refractivity contribution in [3.63, 3.8) is 0 Å². The summed E-state index contributed by atoms with van der Waals surface area (Å²) in [5.41, 5.74) is 1.79. The molecule has 3 N–H and O–H groups in total. The number of nitrogens with one attached hydrogen (secondary N) is 3. The van der Waals surface area contributed by atoms with Gasteiger partial charge >= 0.3 is 0 Å². The van der Waals surface area contributed by atoms with E-state index in [2.05, 4.69) is 15.4 Å². The van der Waals surface area contributed by atoms with Gasteiger partial charge in [-0.25, -0.2) is 8.42 Å². The molecule has 2 aromatic rings. The summed E-state index contributed by atoms with van der Waals surface area (Å²) in [6, 6.07) is 11.5. The number of benzene rings is 2. The number of hydrogen-bond donors (Lipinski definition) is 3. The Kier molecular flexibility index (Phi) is 9.24. The number of ether oxygens (including phenoxy) is 1. The van der Waals surface area contributed by atoms with Gasteiger partial charge in [0.25, 0.3) is 15.9 Å². The van der Waals surface area contributed by atoms with Gasteiger partial charge in [-0.15, -0.1) is 12.4 Å². The van der Waals surface area contributed by atoms with Crippen LogP contribution in [-0.4, -0.2) is 41.6 Å². The van der Waals surface area contributed by atoms with Gasteiger partial charge in [0.2, 0.25) is 0 Å². The molecule has 0 fully saturated rings. The van der Waals surface area contributed by atoms with E-state index in [1.807, 2.05) is 19.1 Å². The van der Waals surface area contributed by atoms with E-state index in [1.165, 1.54) is 25.3 Å². The monoisotopic (exact) mass is 427 g/mol. The van der Waals surface area contributed by atoms with Gasteiger partial charge in [0, 0.05) is 24.3 Å². The number of carbonyl (C=O) groups is 1. The van der Waals surface area contributed by atoms with Crippen LogP contribution in [0.25, 0.3) is 0 Å². The van der Waals surface area contributed by atoms with Crippen LogP contribution in [0.4, 0.5) is 5.69 Å². The van der Waals surface area contributed by atoms with Crippen molar-refractivity contribution in [2.45, 2.75) is 18.2 Å². The van der Waals surface area contributed by atoms with Crippen molar-refractivity contribution in [2.24, 2.45) is 0 Å². The van der Waals surface area contributed by atoms with Gasteiger partial charge in [-0.1, -0.05) is 19.1 Å². The second kappa shape index (κ2) is 10.9. The highest BCUT2D eigenvalue weighted by Crippen LogP contribution is 2.27. The van der Waals surface area contributed by atoms with E-state index >= 15 is 0 Å². The highest BCUT2D eigenvalue weighted by atomic mass is 35.5. The number of hydrogen-bond acceptors (Lipinski definition) is 5. The number of anilines is 1. The third-order valence-corrected chi connectivity index (χ3v) is 5.39. The fourth-order valence-corrected chi connectivity index (χ4v) is 3.70. The molecule has 1 amide bonds. The molecule has 0 aromatic heterocycles. The third-order valence-electron chi connectivity index (χ3n) is 3.99. The smallest absolute Gasteiger partial charge is 0.265 e. The minimum Gasteiger partial charge on any atom is -0.495 e. The quantitative estimate of drug-likeness (QED) is 0.534. The molecular formula is C19H26ClN3O4S. The van der Waals surface area contributed by atoms with E-state index in [9.17, 15) is 13.2 Å². The van der Waals surface area contributed by atoms with E-state index in [0.717, 1.165) is 12.0 Å². The fourth-order valence-electron chi connectivity index (χ4n) is 2.45. The first-order valence-electron chi connectivity index (χ1n) is 8.64. The average Bonchev–Trinajstić information content (AvgIpc) is 2.68. The summed E-state index contributed by atoms with van der Waals surface area (Å²) in [6.45, 7) is 3.07. The Morgan fingerprint density at radius 1 is 1.07 bits per heavy atom. The highest BCUT2D eigenvalue weighted by Gasteiger charge is 2.22. The average molecular weight is 428 g/mol. The molecule has 0 atom stereocenters. The summed E-state index contributed by atoms with van der Waals surface area (Å²) in [6.07, 6.45) is 0.867. The lowest BCUT2D eigenvalue weighted by atomic mass is 10.2. The zero-order valence-electron chi connectivity index (χ0n) is 16.1. The van der Waals surface area contributed by atoms with Gasteiger partial charge in [0.1, 0.15) is 10.6 Å². The first-order valence-corrected chi connectivity index (χ1v) is 10.1. The molecule has 0 unspecified atom stereocenters. The molecule has 0 bridgehead atoms. The molecule has 2 rings (SSSR count). The van der Waals surface area contributed by atoms with Crippen molar-refractivity contribution >= 4 is 34.0 Å². The summed E-state index contributed by atoms with van der Waals surface area (Å²) in [5, 5.41) is 5.64. The lowest BCUT2D eigenvalue weighted by molar-refractivity contribution is 0.0954. The maximum atomic E-state index is 12.8. The molecule has 0 aliphatic rings. The Morgan fingerprint density at radius 3 is 2.32 bits per heavy atom. The normalized spacial score (nSPS) is 10.7. The maximum absolute atomic E-state index is 12.8. The van der Waals surface area contributed by atoms with Crippen molar-refractivity contribution in [1.82, 2.24) is 10.6 Å². The van der Waals surface area contributed by atoms with Crippen LogP contribution in [0.1, 0.15) is 22.8 Å². The minimum absolute atomic E-state index is 0. The van der Waals surface area contributed by atoms with Gasteiger partial charge in [-0.05, 0) is 49.4 Å². The Bertz CT molecular complexity index is 887.